The Morgan fingerprint density at radius 2 is 1.69 bits per heavy atom. The number of alkyl halides is 3. The van der Waals surface area contributed by atoms with E-state index in [1.165, 1.54) is 31.4 Å². The molecule has 1 aromatic heterocycles. The summed E-state index contributed by atoms with van der Waals surface area (Å²) >= 11 is 0.847. The lowest BCUT2D eigenvalue weighted by Gasteiger charge is -2.21. The van der Waals surface area contributed by atoms with Crippen LogP contribution in [0.15, 0.2) is 89.1 Å². The topological polar surface area (TPSA) is 102 Å². The van der Waals surface area contributed by atoms with Gasteiger partial charge in [-0.1, -0.05) is 54.6 Å². The van der Waals surface area contributed by atoms with E-state index in [1.807, 2.05) is 30.3 Å². The van der Waals surface area contributed by atoms with Crippen molar-refractivity contribution in [3.8, 4) is 16.2 Å². The lowest BCUT2D eigenvalue weighted by Crippen LogP contribution is -2.41. The third kappa shape index (κ3) is 7.77. The summed E-state index contributed by atoms with van der Waals surface area (Å²) in [7, 11) is -2.67. The average Bonchev–Trinajstić information content (AvgIpc) is 3.50. The molecule has 0 saturated carbocycles. The van der Waals surface area contributed by atoms with Gasteiger partial charge in [0.25, 0.3) is 10.0 Å². The highest BCUT2D eigenvalue weighted by Crippen LogP contribution is 2.36. The van der Waals surface area contributed by atoms with Crippen LogP contribution in [0, 0.1) is 0 Å². The van der Waals surface area contributed by atoms with Crippen molar-refractivity contribution in [1.29, 1.82) is 0 Å². The van der Waals surface area contributed by atoms with Crippen LogP contribution in [0.1, 0.15) is 22.3 Å². The molecule has 1 amide bonds. The minimum absolute atomic E-state index is 0.0296. The minimum Gasteiger partial charge on any atom is -0.496 e. The molecule has 0 atom stereocenters. The van der Waals surface area contributed by atoms with E-state index in [2.05, 4.69) is 5.32 Å². The Morgan fingerprint density at radius 1 is 0.976 bits per heavy atom. The summed E-state index contributed by atoms with van der Waals surface area (Å²) in [5, 5.41) is 2.76. The van der Waals surface area contributed by atoms with Gasteiger partial charge >= 0.3 is 6.18 Å². The highest BCUT2D eigenvalue weighted by Gasteiger charge is 2.31. The van der Waals surface area contributed by atoms with Crippen LogP contribution in [0.25, 0.3) is 10.4 Å². The fourth-order valence-electron chi connectivity index (χ4n) is 4.24. The van der Waals surface area contributed by atoms with Gasteiger partial charge in [0.05, 0.1) is 19.2 Å². The van der Waals surface area contributed by atoms with E-state index in [4.69, 9.17) is 10.5 Å². The lowest BCUT2D eigenvalue weighted by molar-refractivity contribution is -0.137. The van der Waals surface area contributed by atoms with Crippen LogP contribution in [0.2, 0.25) is 0 Å². The number of carbonyl (C=O) groups excluding carboxylic acids is 1. The van der Waals surface area contributed by atoms with Gasteiger partial charge in [-0.2, -0.15) is 17.5 Å². The first-order valence-corrected chi connectivity index (χ1v) is 15.2. The molecule has 1 heterocycles. The van der Waals surface area contributed by atoms with Crippen molar-refractivity contribution < 1.29 is 31.1 Å². The zero-order valence-corrected chi connectivity index (χ0v) is 24.4. The fourth-order valence-corrected chi connectivity index (χ4v) is 7.09. The van der Waals surface area contributed by atoms with Crippen LogP contribution in [0.4, 0.5) is 13.2 Å². The van der Waals surface area contributed by atoms with Gasteiger partial charge in [0.2, 0.25) is 5.91 Å². The molecule has 3 aromatic carbocycles. The molecule has 4 aromatic rings. The number of nitrogens with zero attached hydrogens (tertiary/aromatic N) is 1. The van der Waals surface area contributed by atoms with Gasteiger partial charge in [0, 0.05) is 24.5 Å². The number of thiophene rings is 1. The Balaban J connectivity index is 1.56. The highest BCUT2D eigenvalue weighted by atomic mass is 32.2. The molecule has 0 radical (unpaired) electrons. The summed E-state index contributed by atoms with van der Waals surface area (Å²) in [6.45, 7) is 0.111. The van der Waals surface area contributed by atoms with E-state index >= 15 is 0 Å². The molecular weight excluding hydrogens is 587 g/mol. The van der Waals surface area contributed by atoms with Crippen LogP contribution in [0.5, 0.6) is 5.75 Å². The number of halogens is 3. The lowest BCUT2D eigenvalue weighted by atomic mass is 10.1. The molecule has 4 rings (SSSR count). The van der Waals surface area contributed by atoms with Crippen LogP contribution in [0.3, 0.4) is 0 Å². The predicted octanol–water partition coefficient (Wildman–Crippen LogP) is 5.45. The number of sulfonamides is 1. The standard InChI is InChI=1S/C30H30F3N3O4S2/c1-40-26-8-3-2-5-23(26)15-16-36(20-28(37)35-19-22-11-9-21(18-34)10-12-22)42(38,39)29-14-13-27(41-29)24-6-4-7-25(17-24)30(31,32)33/h2-14,17H,15-16,18-20,34H2,1H3,(H,35,37). The maximum atomic E-state index is 13.8. The van der Waals surface area contributed by atoms with Crippen LogP contribution in [-0.2, 0) is 40.5 Å². The SMILES string of the molecule is COc1ccccc1CCN(CC(=O)NCc1ccc(CN)cc1)S(=O)(=O)c1ccc(-c2cccc(C(F)(F)F)c2)s1. The third-order valence-corrected chi connectivity index (χ3v) is 9.99. The van der Waals surface area contributed by atoms with E-state index in [9.17, 15) is 26.4 Å². The smallest absolute Gasteiger partial charge is 0.416 e. The van der Waals surface area contributed by atoms with E-state index in [-0.39, 0.29) is 29.3 Å². The summed E-state index contributed by atoms with van der Waals surface area (Å²) in [6, 6.07) is 22.1. The summed E-state index contributed by atoms with van der Waals surface area (Å²) < 4.78 is 73.7. The molecular formula is C30H30F3N3O4S2. The van der Waals surface area contributed by atoms with Gasteiger partial charge in [0.15, 0.2) is 0 Å². The van der Waals surface area contributed by atoms with Crippen molar-refractivity contribution >= 4 is 27.3 Å². The van der Waals surface area contributed by atoms with Crippen LogP contribution >= 0.6 is 11.3 Å². The minimum atomic E-state index is -4.53. The van der Waals surface area contributed by atoms with Crippen molar-refractivity contribution in [2.75, 3.05) is 20.2 Å². The molecule has 0 bridgehead atoms. The van der Waals surface area contributed by atoms with Crippen molar-refractivity contribution in [2.45, 2.75) is 29.9 Å². The number of hydrogen-bond donors (Lipinski definition) is 2. The molecule has 222 valence electrons. The van der Waals surface area contributed by atoms with Gasteiger partial charge in [-0.15, -0.1) is 11.3 Å². The first-order valence-electron chi connectivity index (χ1n) is 13.0. The number of amides is 1. The quantitative estimate of drug-likeness (QED) is 0.220. The zero-order valence-electron chi connectivity index (χ0n) is 22.7. The number of nitrogens with two attached hydrogens (primary N) is 1. The number of para-hydroxylation sites is 1. The third-order valence-electron chi connectivity index (χ3n) is 6.54. The first-order chi connectivity index (χ1) is 20.0. The molecule has 0 spiro atoms. The van der Waals surface area contributed by atoms with Gasteiger partial charge in [0.1, 0.15) is 9.96 Å². The summed E-state index contributed by atoms with van der Waals surface area (Å²) in [6.07, 6.45) is -4.26. The average molecular weight is 618 g/mol. The Labute approximate surface area is 246 Å². The van der Waals surface area contributed by atoms with E-state index in [0.717, 1.165) is 44.5 Å². The van der Waals surface area contributed by atoms with Gasteiger partial charge < -0.3 is 15.8 Å². The number of nitrogens with one attached hydrogen (secondary N) is 1. The number of rotatable bonds is 12. The van der Waals surface area contributed by atoms with Crippen molar-refractivity contribution in [3.05, 3.63) is 107 Å². The number of methoxy groups -OCH3 is 1. The molecule has 0 unspecified atom stereocenters. The molecule has 0 aliphatic carbocycles. The Hall–Kier alpha value is -3.71. The maximum Gasteiger partial charge on any atom is 0.416 e. The van der Waals surface area contributed by atoms with E-state index < -0.39 is 34.2 Å². The monoisotopic (exact) mass is 617 g/mol. The second-order valence-electron chi connectivity index (χ2n) is 9.40. The summed E-state index contributed by atoms with van der Waals surface area (Å²) in [5.41, 5.74) is 7.58. The number of hydrogen-bond acceptors (Lipinski definition) is 6. The first kappa shape index (κ1) is 31.2. The van der Waals surface area contributed by atoms with Crippen molar-refractivity contribution in [2.24, 2.45) is 5.73 Å². The molecule has 3 N–H and O–H groups in total. The molecule has 42 heavy (non-hydrogen) atoms. The second kappa shape index (κ2) is 13.5. The Bertz CT molecular complexity index is 1620. The van der Waals surface area contributed by atoms with E-state index in [0.29, 0.717) is 17.2 Å². The van der Waals surface area contributed by atoms with Gasteiger partial charge in [-0.05, 0) is 59.0 Å². The summed E-state index contributed by atoms with van der Waals surface area (Å²) in [4.78, 5) is 13.3. The van der Waals surface area contributed by atoms with Crippen molar-refractivity contribution in [3.63, 3.8) is 0 Å². The van der Waals surface area contributed by atoms with Crippen LogP contribution in [-0.4, -0.2) is 38.8 Å². The summed E-state index contributed by atoms with van der Waals surface area (Å²) in [5.74, 6) is 0.0827. The molecule has 0 saturated heterocycles. The predicted molar refractivity (Wildman–Crippen MR) is 156 cm³/mol. The molecule has 7 nitrogen and oxygen atoms in total. The van der Waals surface area contributed by atoms with Gasteiger partial charge in [-0.25, -0.2) is 8.42 Å². The molecule has 0 fully saturated rings. The molecule has 0 aliphatic rings. The van der Waals surface area contributed by atoms with Crippen LogP contribution < -0.4 is 15.8 Å². The molecule has 12 heteroatoms. The number of carbonyl (C=O) groups is 1. The van der Waals surface area contributed by atoms with Gasteiger partial charge in [-0.3, -0.25) is 4.79 Å². The number of benzene rings is 3. The molecule has 0 aliphatic heterocycles. The zero-order chi connectivity index (χ0) is 30.3. The van der Waals surface area contributed by atoms with Crippen molar-refractivity contribution in [1.82, 2.24) is 9.62 Å². The maximum absolute atomic E-state index is 13.8. The second-order valence-corrected chi connectivity index (χ2v) is 12.6. The highest BCUT2D eigenvalue weighted by molar-refractivity contribution is 7.91. The largest absolute Gasteiger partial charge is 0.496 e. The normalized spacial score (nSPS) is 12.0. The Kier molecular flexibility index (Phi) is 10.0. The fraction of sp³-hybridized carbons (Fsp3) is 0.233. The Morgan fingerprint density at radius 3 is 2.38 bits per heavy atom. The van der Waals surface area contributed by atoms with E-state index in [1.54, 1.807) is 18.2 Å². The number of ether oxygens (including phenoxy) is 1.